The molecule has 0 aliphatic rings. The van der Waals surface area contributed by atoms with Crippen LogP contribution in [0.4, 0.5) is 0 Å². The molecule has 0 aliphatic carbocycles. The van der Waals surface area contributed by atoms with Crippen molar-refractivity contribution < 1.29 is 18.6 Å². The van der Waals surface area contributed by atoms with Crippen LogP contribution in [0.1, 0.15) is 180 Å². The minimum absolute atomic E-state index is 0.221. The first-order valence-corrected chi connectivity index (χ1v) is 21.8. The summed E-state index contributed by atoms with van der Waals surface area (Å²) in [5.41, 5.74) is 11.2. The van der Waals surface area contributed by atoms with Crippen molar-refractivity contribution in [1.82, 2.24) is 0 Å². The third-order valence-electron chi connectivity index (χ3n) is 9.38. The van der Waals surface area contributed by atoms with Crippen LogP contribution in [0.15, 0.2) is 93.2 Å². The van der Waals surface area contributed by atoms with Crippen LogP contribution in [0.2, 0.25) is 0 Å². The molecule has 0 rings (SSSR count). The average Bonchev–Trinajstić information content (AvgIpc) is 3.08. The summed E-state index contributed by atoms with van der Waals surface area (Å²) in [5, 5.41) is -0.900. The van der Waals surface area contributed by atoms with Gasteiger partial charge in [-0.05, 0) is 180 Å². The number of rotatable bonds is 29. The van der Waals surface area contributed by atoms with Crippen LogP contribution in [0.25, 0.3) is 0 Å². The van der Waals surface area contributed by atoms with Crippen molar-refractivity contribution in [3.05, 3.63) is 93.2 Å². The summed E-state index contributed by atoms with van der Waals surface area (Å²) < 4.78 is 18.2. The van der Waals surface area contributed by atoms with Gasteiger partial charge in [-0.2, -0.15) is 0 Å². The van der Waals surface area contributed by atoms with E-state index in [2.05, 4.69) is 118 Å². The zero-order valence-corrected chi connectivity index (χ0v) is 37.6. The molecule has 0 aliphatic heterocycles. The zero-order chi connectivity index (χ0) is 40.1. The Labute approximate surface area is 330 Å². The van der Waals surface area contributed by atoms with Crippen molar-refractivity contribution in [3.8, 4) is 0 Å². The molecule has 0 N–H and O–H groups in total. The first-order valence-electron chi connectivity index (χ1n) is 20.6. The molecule has 0 bridgehead atoms. The highest BCUT2D eigenvalue weighted by atomic mass is 31.2. The molecule has 0 heterocycles. The van der Waals surface area contributed by atoms with E-state index < -0.39 is 13.5 Å². The van der Waals surface area contributed by atoms with Crippen molar-refractivity contribution >= 4 is 14.3 Å². The summed E-state index contributed by atoms with van der Waals surface area (Å²) in [7, 11) is -1.51. The lowest BCUT2D eigenvalue weighted by molar-refractivity contribution is -0.146. The first kappa shape index (κ1) is 50.7. The Balaban J connectivity index is 5.68. The van der Waals surface area contributed by atoms with Gasteiger partial charge in [0.1, 0.15) is 5.16 Å². The quantitative estimate of drug-likeness (QED) is 0.0434. The van der Waals surface area contributed by atoms with Crippen molar-refractivity contribution in [2.75, 3.05) is 19.8 Å². The minimum atomic E-state index is -1.51. The van der Waals surface area contributed by atoms with E-state index in [4.69, 9.17) is 13.8 Å². The molecule has 0 fully saturated rings. The summed E-state index contributed by atoms with van der Waals surface area (Å²) in [6.07, 6.45) is 32.5. The number of carbonyl (C=O) groups is 1. The number of esters is 1. The number of carbonyl (C=O) groups excluding carboxylic acids is 1. The van der Waals surface area contributed by atoms with E-state index in [1.807, 2.05) is 20.8 Å². The standard InChI is InChI=1S/C48H81O4P/c1-14-50-47(49)48(53(51-15-2)52-16-3,37-35-45(12)33-21-31-43(10)29-19-27-41(8)25-17-23-39(4)5)38-36-46(13)34-22-32-44(11)30-20-28-42(9)26-18-24-40(6)7/h23-24,27-28,31-32,35-36H,14-22,25-26,29-30,33-34,37-38H2,1-13H3. The molecule has 0 saturated heterocycles. The molecule has 0 spiro atoms. The SMILES string of the molecule is CCOC(=O)C(CC=C(C)CCC=C(C)CCC=C(C)CCC=C(C)C)(CC=C(C)CCC=C(C)CCC=C(C)CCC=C(C)C)P(OCC)OCC. The molecule has 0 radical (unpaired) electrons. The lowest BCUT2D eigenvalue weighted by atomic mass is 9.95. The molecule has 0 unspecified atom stereocenters. The summed E-state index contributed by atoms with van der Waals surface area (Å²) in [6, 6.07) is 0. The Morgan fingerprint density at radius 2 is 0.717 bits per heavy atom. The smallest absolute Gasteiger partial charge is 0.321 e. The Morgan fingerprint density at radius 3 is 0.981 bits per heavy atom. The van der Waals surface area contributed by atoms with Crippen LogP contribution >= 0.6 is 8.38 Å². The molecule has 0 amide bonds. The highest BCUT2D eigenvalue weighted by Gasteiger charge is 2.48. The van der Waals surface area contributed by atoms with Crippen molar-refractivity contribution in [1.29, 1.82) is 0 Å². The van der Waals surface area contributed by atoms with Gasteiger partial charge in [0.25, 0.3) is 0 Å². The molecular formula is C48H81O4P. The van der Waals surface area contributed by atoms with Crippen LogP contribution in [-0.4, -0.2) is 30.9 Å². The lowest BCUT2D eigenvalue weighted by Gasteiger charge is -2.35. The summed E-state index contributed by atoms with van der Waals surface area (Å²) in [5.74, 6) is -0.221. The van der Waals surface area contributed by atoms with Gasteiger partial charge in [0.2, 0.25) is 0 Å². The molecule has 53 heavy (non-hydrogen) atoms. The predicted molar refractivity (Wildman–Crippen MR) is 236 cm³/mol. The van der Waals surface area contributed by atoms with Gasteiger partial charge in [-0.3, -0.25) is 4.79 Å². The number of hydrogen-bond acceptors (Lipinski definition) is 4. The van der Waals surface area contributed by atoms with E-state index in [1.165, 1.54) is 44.6 Å². The van der Waals surface area contributed by atoms with Crippen molar-refractivity contribution in [3.63, 3.8) is 0 Å². The van der Waals surface area contributed by atoms with Gasteiger partial charge in [0.05, 0.1) is 19.8 Å². The third-order valence-corrected chi connectivity index (χ3v) is 11.6. The van der Waals surface area contributed by atoms with Gasteiger partial charge in [0, 0.05) is 0 Å². The van der Waals surface area contributed by atoms with E-state index in [0.29, 0.717) is 32.7 Å². The molecule has 302 valence electrons. The van der Waals surface area contributed by atoms with E-state index >= 15 is 0 Å². The van der Waals surface area contributed by atoms with Gasteiger partial charge in [-0.1, -0.05) is 93.2 Å². The highest BCUT2D eigenvalue weighted by Crippen LogP contribution is 2.57. The van der Waals surface area contributed by atoms with Gasteiger partial charge in [0.15, 0.2) is 8.38 Å². The van der Waals surface area contributed by atoms with Crippen LogP contribution in [0, 0.1) is 0 Å². The molecule has 0 aromatic carbocycles. The number of allylic oxidation sites excluding steroid dienone is 16. The molecule has 0 saturated carbocycles. The van der Waals surface area contributed by atoms with Gasteiger partial charge in [-0.15, -0.1) is 0 Å². The maximum Gasteiger partial charge on any atom is 0.321 e. The van der Waals surface area contributed by atoms with Crippen LogP contribution in [-0.2, 0) is 18.6 Å². The van der Waals surface area contributed by atoms with Crippen molar-refractivity contribution in [2.24, 2.45) is 0 Å². The molecular weight excluding hydrogens is 671 g/mol. The third kappa shape index (κ3) is 25.5. The van der Waals surface area contributed by atoms with Crippen molar-refractivity contribution in [2.45, 2.75) is 185 Å². The Morgan fingerprint density at radius 1 is 0.434 bits per heavy atom. The van der Waals surface area contributed by atoms with Crippen LogP contribution in [0.5, 0.6) is 0 Å². The maximum atomic E-state index is 13.9. The van der Waals surface area contributed by atoms with Crippen LogP contribution in [0.3, 0.4) is 0 Å². The fourth-order valence-electron chi connectivity index (χ4n) is 5.92. The number of ether oxygens (including phenoxy) is 1. The summed E-state index contributed by atoms with van der Waals surface area (Å²) in [4.78, 5) is 13.9. The van der Waals surface area contributed by atoms with E-state index in [-0.39, 0.29) is 5.97 Å². The lowest BCUT2D eigenvalue weighted by Crippen LogP contribution is -2.39. The minimum Gasteiger partial charge on any atom is -0.465 e. The zero-order valence-electron chi connectivity index (χ0n) is 36.7. The van der Waals surface area contributed by atoms with Gasteiger partial charge in [-0.25, -0.2) is 0 Å². The average molecular weight is 753 g/mol. The van der Waals surface area contributed by atoms with Gasteiger partial charge < -0.3 is 13.8 Å². The molecule has 0 aromatic rings. The topological polar surface area (TPSA) is 44.8 Å². The highest BCUT2D eigenvalue weighted by molar-refractivity contribution is 7.50. The molecule has 5 heteroatoms. The van der Waals surface area contributed by atoms with E-state index in [0.717, 1.165) is 77.0 Å². The van der Waals surface area contributed by atoms with E-state index in [1.54, 1.807) is 0 Å². The number of hydrogen-bond donors (Lipinski definition) is 0. The van der Waals surface area contributed by atoms with E-state index in [9.17, 15) is 4.79 Å². The molecule has 4 nitrogen and oxygen atoms in total. The summed E-state index contributed by atoms with van der Waals surface area (Å²) >= 11 is 0. The second kappa shape index (κ2) is 31.0. The fraction of sp³-hybridized carbons (Fsp3) is 0.646. The second-order valence-corrected chi connectivity index (χ2v) is 17.2. The largest absolute Gasteiger partial charge is 0.465 e. The Kier molecular flexibility index (Phi) is 29.7. The van der Waals surface area contributed by atoms with Crippen LogP contribution < -0.4 is 0 Å². The first-order chi connectivity index (χ1) is 25.2. The normalized spacial score (nSPS) is 14.8. The predicted octanol–water partition coefficient (Wildman–Crippen LogP) is 15.7. The molecule has 0 atom stereocenters. The second-order valence-electron chi connectivity index (χ2n) is 15.4. The molecule has 0 aromatic heterocycles. The summed E-state index contributed by atoms with van der Waals surface area (Å²) in [6.45, 7) is 29.1. The Hall–Kier alpha value is -2.26. The fourth-order valence-corrected chi connectivity index (χ4v) is 7.65. The maximum absolute atomic E-state index is 13.9. The monoisotopic (exact) mass is 753 g/mol. The Bertz CT molecular complexity index is 1190. The van der Waals surface area contributed by atoms with Gasteiger partial charge >= 0.3 is 5.97 Å².